The van der Waals surface area contributed by atoms with Gasteiger partial charge in [-0.1, -0.05) is 43.5 Å². The quantitative estimate of drug-likeness (QED) is 0.902. The molecule has 2 aliphatic rings. The van der Waals surface area contributed by atoms with Crippen LogP contribution in [-0.2, 0) is 17.2 Å². The van der Waals surface area contributed by atoms with E-state index in [0.717, 1.165) is 25.7 Å². The van der Waals surface area contributed by atoms with E-state index in [1.54, 1.807) is 0 Å². The second-order valence-electron chi connectivity index (χ2n) is 5.89. The smallest absolute Gasteiger partial charge is 0.0546 e. The van der Waals surface area contributed by atoms with Gasteiger partial charge in [0.25, 0.3) is 0 Å². The van der Waals surface area contributed by atoms with E-state index < -0.39 is 10.8 Å². The van der Waals surface area contributed by atoms with Gasteiger partial charge in [0.1, 0.15) is 0 Å². The lowest BCUT2D eigenvalue weighted by Gasteiger charge is -2.34. The summed E-state index contributed by atoms with van der Waals surface area (Å²) >= 11 is 0. The van der Waals surface area contributed by atoms with Crippen molar-refractivity contribution in [2.45, 2.75) is 61.5 Å². The molecule has 0 radical (unpaired) electrons. The molecule has 3 unspecified atom stereocenters. The Morgan fingerprint density at radius 3 is 2.58 bits per heavy atom. The van der Waals surface area contributed by atoms with Crippen molar-refractivity contribution in [2.24, 2.45) is 5.73 Å². The maximum absolute atomic E-state index is 12.8. The van der Waals surface area contributed by atoms with Crippen LogP contribution in [0.5, 0.6) is 0 Å². The van der Waals surface area contributed by atoms with Gasteiger partial charge in [-0.25, -0.2) is 0 Å². The van der Waals surface area contributed by atoms with Gasteiger partial charge in [-0.2, -0.15) is 0 Å². The van der Waals surface area contributed by atoms with E-state index in [1.807, 2.05) is 6.07 Å². The largest absolute Gasteiger partial charge is 0.323 e. The minimum absolute atomic E-state index is 0.0345. The first-order valence-electron chi connectivity index (χ1n) is 7.50. The molecule has 0 aliphatic heterocycles. The molecule has 3 rings (SSSR count). The zero-order valence-corrected chi connectivity index (χ0v) is 12.2. The molecule has 104 valence electrons. The van der Waals surface area contributed by atoms with Crippen LogP contribution in [0.3, 0.4) is 0 Å². The molecule has 0 bridgehead atoms. The molecule has 1 aromatic carbocycles. The number of nitrogens with two attached hydrogens (primary N) is 1. The Morgan fingerprint density at radius 2 is 1.79 bits per heavy atom. The van der Waals surface area contributed by atoms with Crippen molar-refractivity contribution >= 4 is 10.8 Å². The molecule has 0 aromatic heterocycles. The minimum Gasteiger partial charge on any atom is -0.323 e. The average Bonchev–Trinajstić information content (AvgIpc) is 2.48. The van der Waals surface area contributed by atoms with Crippen molar-refractivity contribution in [1.82, 2.24) is 0 Å². The van der Waals surface area contributed by atoms with E-state index in [0.29, 0.717) is 5.25 Å². The molecule has 1 fully saturated rings. The monoisotopic (exact) mass is 277 g/mol. The third kappa shape index (κ3) is 2.63. The van der Waals surface area contributed by atoms with Crippen LogP contribution in [0.25, 0.3) is 0 Å². The predicted molar refractivity (Wildman–Crippen MR) is 80.5 cm³/mol. The third-order valence-electron chi connectivity index (χ3n) is 4.69. The highest BCUT2D eigenvalue weighted by Gasteiger charge is 2.34. The van der Waals surface area contributed by atoms with Crippen molar-refractivity contribution in [2.75, 3.05) is 0 Å². The molecule has 0 spiro atoms. The normalized spacial score (nSPS) is 29.7. The lowest BCUT2D eigenvalue weighted by molar-refractivity contribution is 0.490. The molecule has 0 saturated heterocycles. The van der Waals surface area contributed by atoms with Crippen LogP contribution in [0.2, 0.25) is 0 Å². The summed E-state index contributed by atoms with van der Waals surface area (Å²) in [4.78, 5) is 0. The van der Waals surface area contributed by atoms with Gasteiger partial charge in [0, 0.05) is 22.1 Å². The summed E-state index contributed by atoms with van der Waals surface area (Å²) in [7, 11) is -0.755. The number of hydrogen-bond donors (Lipinski definition) is 1. The molecule has 1 saturated carbocycles. The molecule has 1 aromatic rings. The highest BCUT2D eigenvalue weighted by atomic mass is 32.2. The summed E-state index contributed by atoms with van der Waals surface area (Å²) in [5.41, 5.74) is 8.98. The van der Waals surface area contributed by atoms with E-state index in [-0.39, 0.29) is 11.3 Å². The van der Waals surface area contributed by atoms with Crippen LogP contribution >= 0.6 is 0 Å². The minimum atomic E-state index is -0.755. The topological polar surface area (TPSA) is 43.1 Å². The number of benzene rings is 1. The maximum Gasteiger partial charge on any atom is 0.0546 e. The zero-order valence-electron chi connectivity index (χ0n) is 11.4. The summed E-state index contributed by atoms with van der Waals surface area (Å²) in [5, 5.41) is 0.563. The summed E-state index contributed by atoms with van der Waals surface area (Å²) in [6.07, 6.45) is 8.10. The molecule has 2 nitrogen and oxygen atoms in total. The molecule has 0 heterocycles. The van der Waals surface area contributed by atoms with Gasteiger partial charge in [-0.15, -0.1) is 0 Å². The predicted octanol–water partition coefficient (Wildman–Crippen LogP) is 3.08. The van der Waals surface area contributed by atoms with Gasteiger partial charge in [0.2, 0.25) is 0 Å². The van der Waals surface area contributed by atoms with Gasteiger partial charge in [-0.05, 0) is 36.8 Å². The lowest BCUT2D eigenvalue weighted by Crippen LogP contribution is -2.39. The van der Waals surface area contributed by atoms with Crippen molar-refractivity contribution in [3.8, 4) is 0 Å². The molecule has 19 heavy (non-hydrogen) atoms. The first-order valence-corrected chi connectivity index (χ1v) is 8.78. The second kappa shape index (κ2) is 5.76. The van der Waals surface area contributed by atoms with Crippen LogP contribution in [0, 0.1) is 0 Å². The first-order chi connectivity index (χ1) is 9.27. The Balaban J connectivity index is 1.77. The Hall–Kier alpha value is -0.670. The van der Waals surface area contributed by atoms with Gasteiger partial charge >= 0.3 is 0 Å². The number of rotatable bonds is 2. The highest BCUT2D eigenvalue weighted by molar-refractivity contribution is 7.86. The second-order valence-corrected chi connectivity index (χ2v) is 7.82. The molecule has 2 aliphatic carbocycles. The number of hydrogen-bond acceptors (Lipinski definition) is 2. The van der Waals surface area contributed by atoms with Gasteiger partial charge in [-0.3, -0.25) is 4.21 Å². The number of aryl methyl sites for hydroxylation is 1. The number of fused-ring (bicyclic) bond motifs is 1. The maximum atomic E-state index is 12.8. The fourth-order valence-corrected chi connectivity index (χ4v) is 5.65. The molecular formula is C16H23NOS. The zero-order chi connectivity index (χ0) is 13.2. The van der Waals surface area contributed by atoms with E-state index in [1.165, 1.54) is 30.4 Å². The summed E-state index contributed by atoms with van der Waals surface area (Å²) in [5.74, 6) is 0. The lowest BCUT2D eigenvalue weighted by atomic mass is 9.88. The van der Waals surface area contributed by atoms with Crippen LogP contribution in [-0.4, -0.2) is 14.7 Å². The van der Waals surface area contributed by atoms with Crippen molar-refractivity contribution in [3.05, 3.63) is 35.4 Å². The SMILES string of the molecule is NC1c2ccccc2CCC1S(=O)C1CCCCC1. The van der Waals surface area contributed by atoms with Crippen molar-refractivity contribution < 1.29 is 4.21 Å². The fourth-order valence-electron chi connectivity index (χ4n) is 3.57. The van der Waals surface area contributed by atoms with Crippen molar-refractivity contribution in [3.63, 3.8) is 0 Å². The highest BCUT2D eigenvalue weighted by Crippen LogP contribution is 2.34. The standard InChI is InChI=1S/C16H23NOS/c17-16-14-9-5-4-6-12(14)10-11-15(16)19(18)13-7-2-1-3-8-13/h4-6,9,13,15-16H,1-3,7-8,10-11,17H2. The van der Waals surface area contributed by atoms with Crippen LogP contribution in [0.1, 0.15) is 55.7 Å². The Kier molecular flexibility index (Phi) is 4.04. The van der Waals surface area contributed by atoms with Crippen LogP contribution < -0.4 is 5.73 Å². The van der Waals surface area contributed by atoms with Crippen molar-refractivity contribution in [1.29, 1.82) is 0 Å². The Morgan fingerprint density at radius 1 is 1.05 bits per heavy atom. The molecular weight excluding hydrogens is 254 g/mol. The Bertz CT molecular complexity index is 468. The van der Waals surface area contributed by atoms with E-state index in [9.17, 15) is 4.21 Å². The van der Waals surface area contributed by atoms with Gasteiger partial charge in [0.15, 0.2) is 0 Å². The fraction of sp³-hybridized carbons (Fsp3) is 0.625. The van der Waals surface area contributed by atoms with Gasteiger partial charge in [0.05, 0.1) is 5.25 Å². The van der Waals surface area contributed by atoms with Crippen LogP contribution in [0.15, 0.2) is 24.3 Å². The van der Waals surface area contributed by atoms with E-state index >= 15 is 0 Å². The van der Waals surface area contributed by atoms with Crippen LogP contribution in [0.4, 0.5) is 0 Å². The van der Waals surface area contributed by atoms with E-state index in [4.69, 9.17) is 5.73 Å². The first kappa shape index (κ1) is 13.3. The van der Waals surface area contributed by atoms with E-state index in [2.05, 4.69) is 18.2 Å². The molecule has 2 N–H and O–H groups in total. The third-order valence-corrected chi connectivity index (χ3v) is 6.95. The Labute approximate surface area is 118 Å². The summed E-state index contributed by atoms with van der Waals surface area (Å²) in [6.45, 7) is 0. The molecule has 0 amide bonds. The molecule has 3 atom stereocenters. The van der Waals surface area contributed by atoms with Gasteiger partial charge < -0.3 is 5.73 Å². The average molecular weight is 277 g/mol. The molecule has 3 heteroatoms. The summed E-state index contributed by atoms with van der Waals surface area (Å²) < 4.78 is 12.8. The summed E-state index contributed by atoms with van der Waals surface area (Å²) in [6, 6.07) is 8.36.